The van der Waals surface area contributed by atoms with Crippen molar-refractivity contribution in [2.45, 2.75) is 64.8 Å². The number of amides is 2. The van der Waals surface area contributed by atoms with Gasteiger partial charge in [0.15, 0.2) is 11.5 Å². The molecule has 2 aliphatic heterocycles. The molecule has 6 nitrogen and oxygen atoms in total. The first-order valence-electron chi connectivity index (χ1n) is 10.8. The lowest BCUT2D eigenvalue weighted by atomic mass is 10.0. The fraction of sp³-hybridized carbons (Fsp3) is 0.522. The number of benzene rings is 1. The number of piperidine rings is 1. The number of rotatable bonds is 4. The molecule has 2 aromatic rings. The third-order valence-corrected chi connectivity index (χ3v) is 6.00. The lowest BCUT2D eigenvalue weighted by Crippen LogP contribution is -2.37. The molecule has 29 heavy (non-hydrogen) atoms. The van der Waals surface area contributed by atoms with Gasteiger partial charge in [0.05, 0.1) is 5.69 Å². The van der Waals surface area contributed by atoms with Gasteiger partial charge in [0.25, 0.3) is 11.8 Å². The maximum atomic E-state index is 13.1. The van der Waals surface area contributed by atoms with Crippen LogP contribution < -0.4 is 5.32 Å². The summed E-state index contributed by atoms with van der Waals surface area (Å²) in [4.78, 5) is 32.5. The van der Waals surface area contributed by atoms with Gasteiger partial charge in [-0.25, -0.2) is 4.98 Å². The number of carbonyl (C=O) groups excluding carboxylic acids is 2. The van der Waals surface area contributed by atoms with Crippen LogP contribution in [-0.2, 0) is 13.0 Å². The molecule has 2 amide bonds. The molecule has 0 spiro atoms. The highest BCUT2D eigenvalue weighted by Gasteiger charge is 2.30. The molecule has 1 aromatic carbocycles. The van der Waals surface area contributed by atoms with Crippen LogP contribution in [0.15, 0.2) is 24.3 Å². The Morgan fingerprint density at radius 3 is 2.34 bits per heavy atom. The monoisotopic (exact) mass is 394 g/mol. The number of fused-ring (bicyclic) bond motifs is 1. The fourth-order valence-corrected chi connectivity index (χ4v) is 4.27. The summed E-state index contributed by atoms with van der Waals surface area (Å²) in [6.45, 7) is 6.61. The molecule has 1 fully saturated rings. The van der Waals surface area contributed by atoms with Gasteiger partial charge >= 0.3 is 0 Å². The zero-order valence-electron chi connectivity index (χ0n) is 17.4. The molecule has 3 heterocycles. The van der Waals surface area contributed by atoms with Crippen LogP contribution in [0.25, 0.3) is 0 Å². The van der Waals surface area contributed by atoms with Gasteiger partial charge in [0.2, 0.25) is 0 Å². The second-order valence-corrected chi connectivity index (χ2v) is 8.42. The summed E-state index contributed by atoms with van der Waals surface area (Å²) >= 11 is 0. The number of hydrogen-bond acceptors (Lipinski definition) is 3. The Balaban J connectivity index is 1.58. The smallest absolute Gasteiger partial charge is 0.289 e. The molecule has 4 rings (SSSR count). The van der Waals surface area contributed by atoms with Crippen LogP contribution in [0.5, 0.6) is 0 Å². The van der Waals surface area contributed by atoms with E-state index in [1.807, 2.05) is 33.7 Å². The SMILES string of the molecule is CC(C)c1ccc(NC(=O)c2nc(C(=O)N3CCCCC3)n3c2CCCC3)cc1. The highest BCUT2D eigenvalue weighted by Crippen LogP contribution is 2.24. The quantitative estimate of drug-likeness (QED) is 0.844. The molecule has 0 unspecified atom stereocenters. The van der Waals surface area contributed by atoms with Crippen molar-refractivity contribution in [3.8, 4) is 0 Å². The first kappa shape index (κ1) is 19.7. The topological polar surface area (TPSA) is 67.2 Å². The molecular formula is C23H30N4O2. The van der Waals surface area contributed by atoms with E-state index < -0.39 is 0 Å². The molecule has 6 heteroatoms. The van der Waals surface area contributed by atoms with E-state index in [0.717, 1.165) is 63.1 Å². The average molecular weight is 395 g/mol. The molecule has 1 N–H and O–H groups in total. The summed E-state index contributed by atoms with van der Waals surface area (Å²) in [6.07, 6.45) is 6.08. The van der Waals surface area contributed by atoms with E-state index in [-0.39, 0.29) is 11.8 Å². The van der Waals surface area contributed by atoms with Crippen molar-refractivity contribution >= 4 is 17.5 Å². The van der Waals surface area contributed by atoms with Gasteiger partial charge in [0.1, 0.15) is 0 Å². The minimum Gasteiger partial charge on any atom is -0.336 e. The van der Waals surface area contributed by atoms with Gasteiger partial charge in [-0.2, -0.15) is 0 Å². The lowest BCUT2D eigenvalue weighted by Gasteiger charge is -2.27. The van der Waals surface area contributed by atoms with Gasteiger partial charge in [-0.15, -0.1) is 0 Å². The minimum absolute atomic E-state index is 0.0341. The van der Waals surface area contributed by atoms with Crippen LogP contribution in [0.1, 0.15) is 84.2 Å². The Morgan fingerprint density at radius 2 is 1.66 bits per heavy atom. The summed E-state index contributed by atoms with van der Waals surface area (Å²) in [5.41, 5.74) is 3.28. The number of aromatic nitrogens is 2. The Kier molecular flexibility index (Phi) is 5.69. The predicted molar refractivity (Wildman–Crippen MR) is 113 cm³/mol. The molecule has 0 atom stereocenters. The minimum atomic E-state index is -0.231. The molecule has 0 radical (unpaired) electrons. The normalized spacial score (nSPS) is 16.6. The summed E-state index contributed by atoms with van der Waals surface area (Å²) in [5.74, 6) is 0.615. The zero-order chi connectivity index (χ0) is 20.4. The zero-order valence-corrected chi connectivity index (χ0v) is 17.4. The maximum absolute atomic E-state index is 13.1. The van der Waals surface area contributed by atoms with Crippen LogP contribution in [0.2, 0.25) is 0 Å². The van der Waals surface area contributed by atoms with E-state index in [2.05, 4.69) is 24.1 Å². The van der Waals surface area contributed by atoms with Crippen molar-refractivity contribution in [2.75, 3.05) is 18.4 Å². The van der Waals surface area contributed by atoms with E-state index in [1.54, 1.807) is 0 Å². The fourth-order valence-electron chi connectivity index (χ4n) is 4.27. The van der Waals surface area contributed by atoms with Crippen molar-refractivity contribution in [1.82, 2.24) is 14.5 Å². The molecule has 2 aliphatic rings. The number of hydrogen-bond donors (Lipinski definition) is 1. The van der Waals surface area contributed by atoms with Gasteiger partial charge in [0, 0.05) is 25.3 Å². The van der Waals surface area contributed by atoms with Crippen LogP contribution in [-0.4, -0.2) is 39.4 Å². The van der Waals surface area contributed by atoms with Crippen LogP contribution in [0.4, 0.5) is 5.69 Å². The maximum Gasteiger partial charge on any atom is 0.289 e. The highest BCUT2D eigenvalue weighted by atomic mass is 16.2. The number of nitrogens with one attached hydrogen (secondary N) is 1. The van der Waals surface area contributed by atoms with E-state index in [1.165, 1.54) is 12.0 Å². The molecule has 154 valence electrons. The highest BCUT2D eigenvalue weighted by molar-refractivity contribution is 6.05. The molecule has 1 saturated heterocycles. The van der Waals surface area contributed by atoms with Crippen molar-refractivity contribution < 1.29 is 9.59 Å². The van der Waals surface area contributed by atoms with Crippen molar-refractivity contribution in [1.29, 1.82) is 0 Å². The number of anilines is 1. The van der Waals surface area contributed by atoms with E-state index in [0.29, 0.717) is 17.4 Å². The van der Waals surface area contributed by atoms with Gasteiger partial charge in [-0.05, 0) is 62.1 Å². The summed E-state index contributed by atoms with van der Waals surface area (Å²) in [7, 11) is 0. The van der Waals surface area contributed by atoms with Gasteiger partial charge in [-0.3, -0.25) is 9.59 Å². The number of nitrogens with zero attached hydrogens (tertiary/aromatic N) is 3. The molecular weight excluding hydrogens is 364 g/mol. The second-order valence-electron chi connectivity index (χ2n) is 8.42. The Labute approximate surface area is 172 Å². The Morgan fingerprint density at radius 1 is 0.966 bits per heavy atom. The molecule has 0 aliphatic carbocycles. The number of likely N-dealkylation sites (tertiary alicyclic amines) is 1. The van der Waals surface area contributed by atoms with E-state index in [9.17, 15) is 9.59 Å². The van der Waals surface area contributed by atoms with Crippen molar-refractivity contribution in [2.24, 2.45) is 0 Å². The van der Waals surface area contributed by atoms with Crippen molar-refractivity contribution in [3.05, 3.63) is 47.0 Å². The second kappa shape index (κ2) is 8.39. The van der Waals surface area contributed by atoms with Gasteiger partial charge in [-0.1, -0.05) is 26.0 Å². The Hall–Kier alpha value is -2.63. The average Bonchev–Trinajstić information content (AvgIpc) is 3.14. The lowest BCUT2D eigenvalue weighted by molar-refractivity contribution is 0.0705. The number of carbonyl (C=O) groups is 2. The predicted octanol–water partition coefficient (Wildman–Crippen LogP) is 4.22. The van der Waals surface area contributed by atoms with Gasteiger partial charge < -0.3 is 14.8 Å². The molecule has 1 aromatic heterocycles. The van der Waals surface area contributed by atoms with Crippen LogP contribution in [0, 0.1) is 0 Å². The summed E-state index contributed by atoms with van der Waals surface area (Å²) < 4.78 is 1.98. The third kappa shape index (κ3) is 4.07. The largest absolute Gasteiger partial charge is 0.336 e. The van der Waals surface area contributed by atoms with E-state index >= 15 is 0 Å². The standard InChI is InChI=1S/C23H30N4O2/c1-16(2)17-9-11-18(12-10-17)24-22(28)20-19-8-4-7-15-27(19)21(25-20)23(29)26-13-5-3-6-14-26/h9-12,16H,3-8,13-15H2,1-2H3,(H,24,28). The van der Waals surface area contributed by atoms with Crippen LogP contribution >= 0.6 is 0 Å². The van der Waals surface area contributed by atoms with Crippen molar-refractivity contribution in [3.63, 3.8) is 0 Å². The molecule has 0 saturated carbocycles. The summed E-state index contributed by atoms with van der Waals surface area (Å²) in [6, 6.07) is 7.92. The first-order chi connectivity index (χ1) is 14.0. The third-order valence-electron chi connectivity index (χ3n) is 6.00. The Bertz CT molecular complexity index is 892. The first-order valence-corrected chi connectivity index (χ1v) is 10.8. The van der Waals surface area contributed by atoms with E-state index in [4.69, 9.17) is 0 Å². The summed E-state index contributed by atoms with van der Waals surface area (Å²) in [5, 5.41) is 2.97. The van der Waals surface area contributed by atoms with Crippen LogP contribution in [0.3, 0.4) is 0 Å². The molecule has 0 bridgehead atoms. The number of imidazole rings is 1.